The molecule has 3 aromatic carbocycles. The van der Waals surface area contributed by atoms with E-state index in [-0.39, 0.29) is 23.3 Å². The number of hydrogen-bond acceptors (Lipinski definition) is 4. The molecule has 1 atom stereocenters. The number of methoxy groups -OCH3 is 1. The van der Waals surface area contributed by atoms with Crippen molar-refractivity contribution in [3.8, 4) is 5.75 Å². The summed E-state index contributed by atoms with van der Waals surface area (Å²) in [6.45, 7) is 4.05. The van der Waals surface area contributed by atoms with Crippen LogP contribution in [0.3, 0.4) is 0 Å². The zero-order chi connectivity index (χ0) is 24.6. The highest BCUT2D eigenvalue weighted by Gasteiger charge is 2.28. The second-order valence-corrected chi connectivity index (χ2v) is 10.1. The molecule has 0 saturated carbocycles. The molecule has 34 heavy (non-hydrogen) atoms. The maximum atomic E-state index is 13.6. The molecule has 6 nitrogen and oxygen atoms in total. The van der Waals surface area contributed by atoms with Gasteiger partial charge in [0.05, 0.1) is 17.7 Å². The Morgan fingerprint density at radius 1 is 1.00 bits per heavy atom. The molecule has 180 valence electrons. The predicted octanol–water partition coefficient (Wildman–Crippen LogP) is 4.58. The molecule has 0 aromatic heterocycles. The van der Waals surface area contributed by atoms with Gasteiger partial charge in [-0.2, -0.15) is 0 Å². The number of sulfonamides is 1. The number of nitrogens with zero attached hydrogens (tertiary/aromatic N) is 1. The predicted molar refractivity (Wildman–Crippen MR) is 136 cm³/mol. The summed E-state index contributed by atoms with van der Waals surface area (Å²) in [5, 5.41) is 2.94. The maximum Gasteiger partial charge on any atom is 0.264 e. The summed E-state index contributed by atoms with van der Waals surface area (Å²) in [4.78, 5) is 13.0. The molecular formula is C27H32N2O4S. The topological polar surface area (TPSA) is 75.7 Å². The van der Waals surface area contributed by atoms with Crippen LogP contribution in [0, 0.1) is 12.8 Å². The van der Waals surface area contributed by atoms with Gasteiger partial charge >= 0.3 is 0 Å². The minimum absolute atomic E-state index is 0.109. The fraction of sp³-hybridized carbons (Fsp3) is 0.296. The Hall–Kier alpha value is -3.32. The van der Waals surface area contributed by atoms with Crippen molar-refractivity contribution in [2.45, 2.75) is 31.6 Å². The number of amides is 1. The lowest BCUT2D eigenvalue weighted by atomic mass is 9.97. The molecule has 7 heteroatoms. The average molecular weight is 481 g/mol. The Morgan fingerprint density at radius 2 is 1.65 bits per heavy atom. The highest BCUT2D eigenvalue weighted by atomic mass is 32.2. The van der Waals surface area contributed by atoms with Crippen LogP contribution in [-0.4, -0.2) is 34.5 Å². The largest absolute Gasteiger partial charge is 0.496 e. The van der Waals surface area contributed by atoms with Gasteiger partial charge in [0.1, 0.15) is 12.3 Å². The van der Waals surface area contributed by atoms with Gasteiger partial charge in [-0.05, 0) is 60.7 Å². The summed E-state index contributed by atoms with van der Waals surface area (Å²) >= 11 is 0. The van der Waals surface area contributed by atoms with Crippen molar-refractivity contribution in [3.63, 3.8) is 0 Å². The van der Waals surface area contributed by atoms with E-state index in [1.165, 1.54) is 11.6 Å². The molecule has 0 radical (unpaired) electrons. The molecule has 3 aromatic rings. The van der Waals surface area contributed by atoms with E-state index >= 15 is 0 Å². The van der Waals surface area contributed by atoms with Crippen molar-refractivity contribution in [1.29, 1.82) is 0 Å². The summed E-state index contributed by atoms with van der Waals surface area (Å²) in [6, 6.07) is 23.5. The van der Waals surface area contributed by atoms with Gasteiger partial charge in [-0.1, -0.05) is 61.9 Å². The summed E-state index contributed by atoms with van der Waals surface area (Å²) in [6.07, 6.45) is 1.75. The third-order valence-electron chi connectivity index (χ3n) is 5.82. The normalized spacial score (nSPS) is 12.1. The number of carbonyl (C=O) groups is 1. The second-order valence-electron chi connectivity index (χ2n) is 8.25. The Bertz CT molecular complexity index is 1180. The number of aryl methyl sites for hydroxylation is 1. The minimum Gasteiger partial charge on any atom is -0.496 e. The molecular weight excluding hydrogens is 448 g/mol. The lowest BCUT2D eigenvalue weighted by molar-refractivity contribution is -0.119. The van der Waals surface area contributed by atoms with E-state index in [9.17, 15) is 13.2 Å². The van der Waals surface area contributed by atoms with Crippen molar-refractivity contribution in [3.05, 3.63) is 90.0 Å². The van der Waals surface area contributed by atoms with E-state index in [0.717, 1.165) is 17.1 Å². The maximum absolute atomic E-state index is 13.6. The van der Waals surface area contributed by atoms with Crippen LogP contribution in [0.2, 0.25) is 0 Å². The number of nitrogens with one attached hydrogen (secondary N) is 1. The number of ether oxygens (including phenoxy) is 1. The van der Waals surface area contributed by atoms with Crippen LogP contribution in [0.5, 0.6) is 5.75 Å². The number of anilines is 1. The Kier molecular flexibility index (Phi) is 8.71. The lowest BCUT2D eigenvalue weighted by Crippen LogP contribution is -2.42. The molecule has 0 heterocycles. The first kappa shape index (κ1) is 25.3. The minimum atomic E-state index is -3.97. The van der Waals surface area contributed by atoms with Crippen molar-refractivity contribution < 1.29 is 17.9 Å². The Labute approximate surface area is 202 Å². The molecule has 0 aliphatic carbocycles. The summed E-state index contributed by atoms with van der Waals surface area (Å²) in [7, 11) is -2.43. The summed E-state index contributed by atoms with van der Waals surface area (Å²) < 4.78 is 33.5. The molecule has 0 fully saturated rings. The summed E-state index contributed by atoms with van der Waals surface area (Å²) in [5.74, 6) is 0.522. The van der Waals surface area contributed by atoms with Gasteiger partial charge in [0.25, 0.3) is 10.0 Å². The lowest BCUT2D eigenvalue weighted by Gasteiger charge is -2.25. The van der Waals surface area contributed by atoms with Crippen LogP contribution >= 0.6 is 0 Å². The van der Waals surface area contributed by atoms with Gasteiger partial charge in [-0.25, -0.2) is 8.42 Å². The van der Waals surface area contributed by atoms with Crippen LogP contribution in [0.4, 0.5) is 5.69 Å². The number of para-hydroxylation sites is 1. The van der Waals surface area contributed by atoms with E-state index in [4.69, 9.17) is 4.74 Å². The van der Waals surface area contributed by atoms with Crippen LogP contribution in [0.1, 0.15) is 24.5 Å². The first-order chi connectivity index (χ1) is 16.3. The number of carbonyl (C=O) groups excluding carboxylic acids is 1. The molecule has 0 bridgehead atoms. The highest BCUT2D eigenvalue weighted by molar-refractivity contribution is 7.92. The van der Waals surface area contributed by atoms with Gasteiger partial charge in [0.2, 0.25) is 5.91 Å². The molecule has 1 amide bonds. The third-order valence-corrected chi connectivity index (χ3v) is 7.59. The molecule has 0 aliphatic rings. The Balaban J connectivity index is 1.77. The van der Waals surface area contributed by atoms with Crippen molar-refractivity contribution in [2.24, 2.45) is 5.92 Å². The van der Waals surface area contributed by atoms with Crippen LogP contribution < -0.4 is 14.4 Å². The molecule has 0 aliphatic heterocycles. The van der Waals surface area contributed by atoms with Gasteiger partial charge in [0.15, 0.2) is 0 Å². The van der Waals surface area contributed by atoms with E-state index in [2.05, 4.69) is 24.4 Å². The number of benzene rings is 3. The third kappa shape index (κ3) is 6.38. The second kappa shape index (κ2) is 11.7. The summed E-state index contributed by atoms with van der Waals surface area (Å²) in [5.41, 5.74) is 2.35. The van der Waals surface area contributed by atoms with E-state index in [1.807, 2.05) is 18.2 Å². The Morgan fingerprint density at radius 3 is 2.24 bits per heavy atom. The zero-order valence-corrected chi connectivity index (χ0v) is 20.7. The smallest absolute Gasteiger partial charge is 0.264 e. The van der Waals surface area contributed by atoms with Gasteiger partial charge in [-0.3, -0.25) is 9.10 Å². The van der Waals surface area contributed by atoms with E-state index in [0.29, 0.717) is 23.5 Å². The van der Waals surface area contributed by atoms with Gasteiger partial charge in [-0.15, -0.1) is 0 Å². The van der Waals surface area contributed by atoms with Gasteiger partial charge < -0.3 is 10.1 Å². The standard InChI is InChI=1S/C27H32N2O4S/c1-4-22(18-23-11-7-5-8-12-23)19-28-27(30)20-29(24-13-9-6-10-14-24)34(31,32)25-15-16-26(33-3)21(2)17-25/h5-17,22H,4,18-20H2,1-3H3,(H,28,30). The van der Waals surface area contributed by atoms with Crippen LogP contribution in [0.25, 0.3) is 0 Å². The zero-order valence-electron chi connectivity index (χ0n) is 19.9. The number of rotatable bonds is 11. The van der Waals surface area contributed by atoms with Crippen molar-refractivity contribution >= 4 is 21.6 Å². The van der Waals surface area contributed by atoms with E-state index in [1.54, 1.807) is 56.5 Å². The molecule has 1 N–H and O–H groups in total. The van der Waals surface area contributed by atoms with Gasteiger partial charge in [0, 0.05) is 6.54 Å². The van der Waals surface area contributed by atoms with Crippen molar-refractivity contribution in [1.82, 2.24) is 5.32 Å². The highest BCUT2D eigenvalue weighted by Crippen LogP contribution is 2.27. The van der Waals surface area contributed by atoms with E-state index < -0.39 is 10.0 Å². The fourth-order valence-electron chi connectivity index (χ4n) is 3.80. The average Bonchev–Trinajstić information content (AvgIpc) is 2.86. The van der Waals surface area contributed by atoms with Crippen molar-refractivity contribution in [2.75, 3.05) is 24.5 Å². The van der Waals surface area contributed by atoms with Crippen LogP contribution in [0.15, 0.2) is 83.8 Å². The molecule has 0 spiro atoms. The quantitative estimate of drug-likeness (QED) is 0.436. The first-order valence-electron chi connectivity index (χ1n) is 11.4. The first-order valence-corrected chi connectivity index (χ1v) is 12.8. The monoisotopic (exact) mass is 480 g/mol. The molecule has 3 rings (SSSR count). The SMILES string of the molecule is CCC(CNC(=O)CN(c1ccccc1)S(=O)(=O)c1ccc(OC)c(C)c1)Cc1ccccc1. The number of hydrogen-bond donors (Lipinski definition) is 1. The molecule has 1 unspecified atom stereocenters. The van der Waals surface area contributed by atoms with Crippen LogP contribution in [-0.2, 0) is 21.2 Å². The fourth-order valence-corrected chi connectivity index (χ4v) is 5.31. The molecule has 0 saturated heterocycles.